The maximum atomic E-state index is 9.61. The van der Waals surface area contributed by atoms with Crippen molar-refractivity contribution < 1.29 is 19.7 Å². The number of ether oxygens (including phenoxy) is 2. The Kier molecular flexibility index (Phi) is 6.29. The van der Waals surface area contributed by atoms with Crippen LogP contribution in [0.15, 0.2) is 30.3 Å². The monoisotopic (exact) mass is 254 g/mol. The molecule has 0 saturated carbocycles. The number of aliphatic hydroxyl groups excluding tert-OH is 2. The summed E-state index contributed by atoms with van der Waals surface area (Å²) in [4.78, 5) is 0. The maximum Gasteiger partial charge on any atom is 0.157 e. The Morgan fingerprint density at radius 3 is 2.06 bits per heavy atom. The van der Waals surface area contributed by atoms with Gasteiger partial charge in [-0.15, -0.1) is 0 Å². The molecule has 0 saturated heterocycles. The molecule has 0 unspecified atom stereocenters. The Morgan fingerprint density at radius 2 is 1.61 bits per heavy atom. The molecule has 0 amide bonds. The maximum absolute atomic E-state index is 9.61. The molecule has 0 spiro atoms. The summed E-state index contributed by atoms with van der Waals surface area (Å²) in [6, 6.07) is 9.79. The van der Waals surface area contributed by atoms with Gasteiger partial charge in [-0.3, -0.25) is 0 Å². The average molecular weight is 254 g/mol. The zero-order chi connectivity index (χ0) is 13.4. The molecule has 0 radical (unpaired) electrons. The Balaban J connectivity index is 2.79. The van der Waals surface area contributed by atoms with E-state index in [4.69, 9.17) is 9.47 Å². The van der Waals surface area contributed by atoms with Crippen molar-refractivity contribution in [1.82, 2.24) is 0 Å². The van der Waals surface area contributed by atoms with Crippen LogP contribution in [-0.2, 0) is 15.9 Å². The van der Waals surface area contributed by atoms with Crippen molar-refractivity contribution >= 4 is 0 Å². The van der Waals surface area contributed by atoms with Gasteiger partial charge in [-0.25, -0.2) is 0 Å². The average Bonchev–Trinajstić information content (AvgIpc) is 2.44. The van der Waals surface area contributed by atoms with Crippen LogP contribution in [-0.4, -0.2) is 43.9 Å². The number of methoxy groups -OCH3 is 2. The smallest absolute Gasteiger partial charge is 0.157 e. The predicted molar refractivity (Wildman–Crippen MR) is 69.2 cm³/mol. The molecule has 0 aromatic heterocycles. The third kappa shape index (κ3) is 4.07. The number of rotatable bonds is 8. The Labute approximate surface area is 108 Å². The topological polar surface area (TPSA) is 58.9 Å². The van der Waals surface area contributed by atoms with E-state index >= 15 is 0 Å². The molecule has 18 heavy (non-hydrogen) atoms. The van der Waals surface area contributed by atoms with E-state index in [2.05, 4.69) is 0 Å². The second-order valence-electron chi connectivity index (χ2n) is 4.58. The van der Waals surface area contributed by atoms with Gasteiger partial charge < -0.3 is 19.7 Å². The van der Waals surface area contributed by atoms with Crippen LogP contribution in [0.1, 0.15) is 12.0 Å². The zero-order valence-corrected chi connectivity index (χ0v) is 11.0. The molecule has 4 heteroatoms. The zero-order valence-electron chi connectivity index (χ0n) is 11.0. The van der Waals surface area contributed by atoms with E-state index < -0.39 is 11.7 Å². The molecule has 0 bridgehead atoms. The fraction of sp³-hybridized carbons (Fsp3) is 0.571. The first kappa shape index (κ1) is 15.1. The van der Waals surface area contributed by atoms with E-state index in [0.29, 0.717) is 12.8 Å². The number of hydrogen-bond donors (Lipinski definition) is 2. The van der Waals surface area contributed by atoms with Crippen molar-refractivity contribution in [1.29, 1.82) is 0 Å². The lowest BCUT2D eigenvalue weighted by Gasteiger charge is -2.32. The molecular formula is C14H22O4. The first-order valence-corrected chi connectivity index (χ1v) is 6.01. The highest BCUT2D eigenvalue weighted by Gasteiger charge is 2.32. The third-order valence-electron chi connectivity index (χ3n) is 3.22. The molecular weight excluding hydrogens is 232 g/mol. The van der Waals surface area contributed by atoms with E-state index in [1.807, 2.05) is 30.3 Å². The van der Waals surface area contributed by atoms with Crippen molar-refractivity contribution in [3.63, 3.8) is 0 Å². The van der Waals surface area contributed by atoms with Gasteiger partial charge in [0, 0.05) is 26.1 Å². The molecule has 4 nitrogen and oxygen atoms in total. The first-order valence-electron chi connectivity index (χ1n) is 6.01. The van der Waals surface area contributed by atoms with Gasteiger partial charge in [-0.05, 0) is 12.0 Å². The third-order valence-corrected chi connectivity index (χ3v) is 3.22. The van der Waals surface area contributed by atoms with Crippen molar-refractivity contribution in [3.8, 4) is 0 Å². The van der Waals surface area contributed by atoms with Gasteiger partial charge in [0.05, 0.1) is 13.2 Å². The minimum atomic E-state index is -0.627. The molecule has 2 N–H and O–H groups in total. The fourth-order valence-electron chi connectivity index (χ4n) is 2.01. The van der Waals surface area contributed by atoms with E-state index in [0.717, 1.165) is 5.56 Å². The molecule has 0 aliphatic carbocycles. The van der Waals surface area contributed by atoms with Crippen LogP contribution in [0.25, 0.3) is 0 Å². The molecule has 0 aliphatic heterocycles. The quantitative estimate of drug-likeness (QED) is 0.685. The highest BCUT2D eigenvalue weighted by molar-refractivity contribution is 5.16. The Hall–Kier alpha value is -0.940. The summed E-state index contributed by atoms with van der Waals surface area (Å²) >= 11 is 0. The molecule has 1 aromatic carbocycles. The lowest BCUT2D eigenvalue weighted by molar-refractivity contribution is -0.137. The van der Waals surface area contributed by atoms with E-state index in [1.54, 1.807) is 14.2 Å². The number of hydrogen-bond acceptors (Lipinski definition) is 4. The predicted octanol–water partition coefficient (Wildman–Crippen LogP) is 1.21. The van der Waals surface area contributed by atoms with Crippen LogP contribution in [0.3, 0.4) is 0 Å². The van der Waals surface area contributed by atoms with Gasteiger partial charge >= 0.3 is 0 Å². The van der Waals surface area contributed by atoms with Crippen LogP contribution < -0.4 is 0 Å². The van der Waals surface area contributed by atoms with Crippen LogP contribution in [0.5, 0.6) is 0 Å². The standard InChI is InChI=1S/C14H22O4/c1-17-13(18-2)9-14(10-15,11-16)8-12-6-4-3-5-7-12/h3-7,13,15-16H,8-11H2,1-2H3. The summed E-state index contributed by atoms with van der Waals surface area (Å²) in [5.74, 6) is 0. The Bertz CT molecular complexity index is 318. The minimum Gasteiger partial charge on any atom is -0.396 e. The van der Waals surface area contributed by atoms with Crippen LogP contribution in [0.4, 0.5) is 0 Å². The summed E-state index contributed by atoms with van der Waals surface area (Å²) in [6.45, 7) is -0.219. The highest BCUT2D eigenvalue weighted by atomic mass is 16.7. The molecule has 0 fully saturated rings. The largest absolute Gasteiger partial charge is 0.396 e. The molecule has 102 valence electrons. The summed E-state index contributed by atoms with van der Waals surface area (Å²) in [7, 11) is 3.10. The minimum absolute atomic E-state index is 0.110. The van der Waals surface area contributed by atoms with Gasteiger partial charge in [0.1, 0.15) is 0 Å². The van der Waals surface area contributed by atoms with Crippen molar-refractivity contribution in [2.24, 2.45) is 5.41 Å². The number of benzene rings is 1. The van der Waals surface area contributed by atoms with Gasteiger partial charge in [-0.2, -0.15) is 0 Å². The molecule has 0 heterocycles. The Morgan fingerprint density at radius 1 is 1.06 bits per heavy atom. The summed E-state index contributed by atoms with van der Waals surface area (Å²) in [5, 5.41) is 19.2. The summed E-state index contributed by atoms with van der Waals surface area (Å²) in [6.07, 6.45) is 0.611. The van der Waals surface area contributed by atoms with Crippen molar-refractivity contribution in [2.45, 2.75) is 19.1 Å². The second-order valence-corrected chi connectivity index (χ2v) is 4.58. The molecule has 1 rings (SSSR count). The fourth-order valence-corrected chi connectivity index (χ4v) is 2.01. The lowest BCUT2D eigenvalue weighted by Crippen LogP contribution is -2.37. The van der Waals surface area contributed by atoms with Crippen LogP contribution >= 0.6 is 0 Å². The first-order chi connectivity index (χ1) is 8.69. The summed E-state index contributed by atoms with van der Waals surface area (Å²) < 4.78 is 10.3. The SMILES string of the molecule is COC(CC(CO)(CO)Cc1ccccc1)OC. The highest BCUT2D eigenvalue weighted by Crippen LogP contribution is 2.29. The van der Waals surface area contributed by atoms with Crippen LogP contribution in [0.2, 0.25) is 0 Å². The van der Waals surface area contributed by atoms with Crippen molar-refractivity contribution in [2.75, 3.05) is 27.4 Å². The number of aliphatic hydroxyl groups is 2. The normalized spacial score (nSPS) is 12.1. The molecule has 0 aliphatic rings. The van der Waals surface area contributed by atoms with Gasteiger partial charge in [-0.1, -0.05) is 30.3 Å². The van der Waals surface area contributed by atoms with Crippen molar-refractivity contribution in [3.05, 3.63) is 35.9 Å². The van der Waals surface area contributed by atoms with Gasteiger partial charge in [0.2, 0.25) is 0 Å². The van der Waals surface area contributed by atoms with Crippen LogP contribution in [0, 0.1) is 5.41 Å². The summed E-state index contributed by atoms with van der Waals surface area (Å²) in [5.41, 5.74) is 0.449. The molecule has 0 atom stereocenters. The lowest BCUT2D eigenvalue weighted by atomic mass is 9.80. The molecule has 1 aromatic rings. The van der Waals surface area contributed by atoms with E-state index in [9.17, 15) is 10.2 Å². The second kappa shape index (κ2) is 7.48. The van der Waals surface area contributed by atoms with E-state index in [1.165, 1.54) is 0 Å². The van der Waals surface area contributed by atoms with Gasteiger partial charge in [0.25, 0.3) is 0 Å². The van der Waals surface area contributed by atoms with Gasteiger partial charge in [0.15, 0.2) is 6.29 Å². The van der Waals surface area contributed by atoms with E-state index in [-0.39, 0.29) is 13.2 Å².